The van der Waals surface area contributed by atoms with E-state index < -0.39 is 39.8 Å². The first kappa shape index (κ1) is 41.2. The van der Waals surface area contributed by atoms with Gasteiger partial charge < -0.3 is 14.8 Å². The number of aromatic nitrogens is 2. The molecular formula is C36H59N3O8S. The van der Waals surface area contributed by atoms with Crippen molar-refractivity contribution in [2.75, 3.05) is 20.3 Å². The van der Waals surface area contributed by atoms with Crippen molar-refractivity contribution in [1.82, 2.24) is 14.5 Å². The third-order valence-electron chi connectivity index (χ3n) is 8.51. The fourth-order valence-corrected chi connectivity index (χ4v) is 6.88. The highest BCUT2D eigenvalue weighted by atomic mass is 32.2. The molecule has 0 aliphatic carbocycles. The lowest BCUT2D eigenvalue weighted by molar-refractivity contribution is 0.0239. The van der Waals surface area contributed by atoms with Crippen LogP contribution in [0.5, 0.6) is 0 Å². The van der Waals surface area contributed by atoms with Gasteiger partial charge in [0, 0.05) is 25.9 Å². The number of carbonyl (C=O) groups is 1. The monoisotopic (exact) mass is 693 g/mol. The lowest BCUT2D eigenvalue weighted by atomic mass is 10.0. The molecule has 0 saturated heterocycles. The minimum atomic E-state index is -4.25. The van der Waals surface area contributed by atoms with Crippen LogP contribution in [0.2, 0.25) is 0 Å². The van der Waals surface area contributed by atoms with Crippen LogP contribution in [0.25, 0.3) is 0 Å². The third kappa shape index (κ3) is 15.5. The van der Waals surface area contributed by atoms with Gasteiger partial charge in [-0.15, -0.1) is 0 Å². The fraction of sp³-hybridized carbons (Fsp3) is 0.694. The van der Waals surface area contributed by atoms with E-state index in [1.807, 2.05) is 0 Å². The zero-order valence-electron chi connectivity index (χ0n) is 29.6. The summed E-state index contributed by atoms with van der Waals surface area (Å²) in [5.74, 6) is 0. The maximum atomic E-state index is 13.2. The zero-order chi connectivity index (χ0) is 35.2. The molecule has 1 N–H and O–H groups in total. The van der Waals surface area contributed by atoms with E-state index in [1.165, 1.54) is 114 Å². The number of methoxy groups -OCH3 is 1. The van der Waals surface area contributed by atoms with E-state index in [0.717, 1.165) is 25.3 Å². The number of alkyl carbamates (subject to hydrolysis) is 1. The molecule has 0 fully saturated rings. The molecular weight excluding hydrogens is 634 g/mol. The number of amides is 1. The van der Waals surface area contributed by atoms with Crippen LogP contribution in [0.1, 0.15) is 128 Å². The van der Waals surface area contributed by atoms with Crippen molar-refractivity contribution in [3.8, 4) is 0 Å². The van der Waals surface area contributed by atoms with E-state index in [9.17, 15) is 22.8 Å². The average Bonchev–Trinajstić information content (AvgIpc) is 3.05. The summed E-state index contributed by atoms with van der Waals surface area (Å²) in [6.45, 7) is 5.54. The summed E-state index contributed by atoms with van der Waals surface area (Å²) in [5.41, 5.74) is -1.04. The molecule has 0 spiro atoms. The van der Waals surface area contributed by atoms with Crippen LogP contribution in [-0.4, -0.2) is 50.0 Å². The molecule has 2 rings (SSSR count). The Kier molecular flexibility index (Phi) is 20.1. The Morgan fingerprint density at radius 1 is 0.833 bits per heavy atom. The molecule has 2 unspecified atom stereocenters. The topological polar surface area (TPSA) is 135 Å². The molecule has 0 aliphatic heterocycles. The molecule has 1 aromatic heterocycles. The van der Waals surface area contributed by atoms with Gasteiger partial charge in [0.25, 0.3) is 15.7 Å². The summed E-state index contributed by atoms with van der Waals surface area (Å²) in [6, 6.07) is 7.41. The van der Waals surface area contributed by atoms with Gasteiger partial charge in [0.1, 0.15) is 12.7 Å². The average molecular weight is 694 g/mol. The highest BCUT2D eigenvalue weighted by Crippen LogP contribution is 2.20. The van der Waals surface area contributed by atoms with Crippen molar-refractivity contribution in [3.63, 3.8) is 0 Å². The molecule has 0 bridgehead atoms. The number of hydrogen-bond donors (Lipinski definition) is 1. The first-order valence-corrected chi connectivity index (χ1v) is 19.3. The number of nitrogens with one attached hydrogen (secondary N) is 1. The first-order valence-electron chi connectivity index (χ1n) is 17.8. The molecule has 2 aromatic rings. The van der Waals surface area contributed by atoms with E-state index in [-0.39, 0.29) is 18.0 Å². The Hall–Kier alpha value is -2.96. The van der Waals surface area contributed by atoms with Crippen molar-refractivity contribution >= 4 is 16.2 Å². The van der Waals surface area contributed by atoms with Crippen molar-refractivity contribution in [2.24, 2.45) is 0 Å². The highest BCUT2D eigenvalue weighted by Gasteiger charge is 2.24. The standard InChI is InChI=1S/C36H59N3O8S/c1-5-6-7-8-9-10-11-12-13-14-15-16-17-18-19-22-26-37-35(41)46-29-32(45-4)28-38-27-25-34(40)39(36(38)42)31(3)47-48(43,44)33-24-21-20-23-30(33)2/h20-21,23-25,27,31-32H,5-19,22,26,28-29H2,1-4H3,(H,37,41). The summed E-state index contributed by atoms with van der Waals surface area (Å²) in [4.78, 5) is 37.9. The van der Waals surface area contributed by atoms with Crippen molar-refractivity contribution in [2.45, 2.75) is 147 Å². The summed E-state index contributed by atoms with van der Waals surface area (Å²) in [7, 11) is -2.83. The normalized spacial score (nSPS) is 12.9. The maximum Gasteiger partial charge on any atom is 0.407 e. The van der Waals surface area contributed by atoms with Gasteiger partial charge in [-0.1, -0.05) is 121 Å². The second-order valence-corrected chi connectivity index (χ2v) is 14.1. The minimum absolute atomic E-state index is 0.0424. The van der Waals surface area contributed by atoms with Gasteiger partial charge in [0.05, 0.1) is 11.4 Å². The molecule has 1 aromatic carbocycles. The van der Waals surface area contributed by atoms with Gasteiger partial charge in [-0.05, 0) is 31.9 Å². The van der Waals surface area contributed by atoms with Gasteiger partial charge >= 0.3 is 11.8 Å². The third-order valence-corrected chi connectivity index (χ3v) is 10.0. The second-order valence-electron chi connectivity index (χ2n) is 12.6. The van der Waals surface area contributed by atoms with Gasteiger partial charge in [-0.3, -0.25) is 9.36 Å². The van der Waals surface area contributed by atoms with E-state index in [1.54, 1.807) is 25.1 Å². The number of hydrogen-bond acceptors (Lipinski definition) is 8. The van der Waals surface area contributed by atoms with E-state index in [2.05, 4.69) is 12.2 Å². The summed E-state index contributed by atoms with van der Waals surface area (Å²) in [5, 5.41) is 2.75. The van der Waals surface area contributed by atoms with Crippen LogP contribution in [0.3, 0.4) is 0 Å². The largest absolute Gasteiger partial charge is 0.447 e. The van der Waals surface area contributed by atoms with Gasteiger partial charge in [-0.25, -0.2) is 18.3 Å². The number of nitrogens with zero attached hydrogens (tertiary/aromatic N) is 2. The maximum absolute atomic E-state index is 13.2. The van der Waals surface area contributed by atoms with Crippen molar-refractivity contribution in [1.29, 1.82) is 0 Å². The second kappa shape index (κ2) is 23.4. The number of ether oxygens (including phenoxy) is 2. The van der Waals surface area contributed by atoms with Crippen LogP contribution in [0.4, 0.5) is 4.79 Å². The minimum Gasteiger partial charge on any atom is -0.447 e. The van der Waals surface area contributed by atoms with Crippen LogP contribution >= 0.6 is 0 Å². The molecule has 0 saturated carbocycles. The first-order chi connectivity index (χ1) is 23.1. The number of benzene rings is 1. The predicted molar refractivity (Wildman–Crippen MR) is 189 cm³/mol. The number of carbonyl (C=O) groups excluding carboxylic acids is 1. The van der Waals surface area contributed by atoms with Gasteiger partial charge in [-0.2, -0.15) is 8.42 Å². The molecule has 0 aliphatic rings. The Labute approximate surface area is 287 Å². The van der Waals surface area contributed by atoms with Gasteiger partial charge in [0.15, 0.2) is 6.23 Å². The number of aryl methyl sites for hydroxylation is 1. The Morgan fingerprint density at radius 2 is 1.38 bits per heavy atom. The SMILES string of the molecule is CCCCCCCCCCCCCCCCCCNC(=O)OCC(Cn1ccc(=O)n(C(C)OS(=O)(=O)c2ccccc2C)c1=O)OC. The Morgan fingerprint density at radius 3 is 1.92 bits per heavy atom. The number of unbranched alkanes of at least 4 members (excludes halogenated alkanes) is 15. The van der Waals surface area contributed by atoms with Crippen LogP contribution in [0.15, 0.2) is 51.0 Å². The summed E-state index contributed by atoms with van der Waals surface area (Å²) >= 11 is 0. The fourth-order valence-electron chi connectivity index (χ4n) is 5.62. The van der Waals surface area contributed by atoms with Crippen LogP contribution in [0, 0.1) is 6.92 Å². The summed E-state index contributed by atoms with van der Waals surface area (Å²) in [6.07, 6.45) is 19.2. The molecule has 0 radical (unpaired) electrons. The Balaban J connectivity index is 1.65. The lowest BCUT2D eigenvalue weighted by Crippen LogP contribution is -2.44. The quantitative estimate of drug-likeness (QED) is 0.0805. The lowest BCUT2D eigenvalue weighted by Gasteiger charge is -2.20. The molecule has 272 valence electrons. The van der Waals surface area contributed by atoms with E-state index in [0.29, 0.717) is 16.7 Å². The van der Waals surface area contributed by atoms with Gasteiger partial charge in [0.2, 0.25) is 0 Å². The molecule has 2 atom stereocenters. The van der Waals surface area contributed by atoms with Crippen LogP contribution < -0.4 is 16.6 Å². The molecule has 11 nitrogen and oxygen atoms in total. The predicted octanol–water partition coefficient (Wildman–Crippen LogP) is 7.25. The molecule has 48 heavy (non-hydrogen) atoms. The van der Waals surface area contributed by atoms with E-state index in [4.69, 9.17) is 13.7 Å². The number of rotatable bonds is 26. The summed E-state index contributed by atoms with van der Waals surface area (Å²) < 4.78 is 43.5. The zero-order valence-corrected chi connectivity index (χ0v) is 30.4. The van der Waals surface area contributed by atoms with Crippen molar-refractivity contribution in [3.05, 3.63) is 62.9 Å². The smallest absolute Gasteiger partial charge is 0.407 e. The molecule has 1 amide bonds. The molecule has 1 heterocycles. The molecule has 12 heteroatoms. The Bertz CT molecular complexity index is 1420. The van der Waals surface area contributed by atoms with Crippen molar-refractivity contribution < 1.29 is 26.9 Å². The highest BCUT2D eigenvalue weighted by molar-refractivity contribution is 7.86. The van der Waals surface area contributed by atoms with Crippen LogP contribution in [-0.2, 0) is 30.3 Å². The van der Waals surface area contributed by atoms with E-state index >= 15 is 0 Å².